The quantitative estimate of drug-likeness (QED) is 0.815. The minimum absolute atomic E-state index is 0.123. The van der Waals surface area contributed by atoms with Gasteiger partial charge in [-0.15, -0.1) is 0 Å². The number of carbonyl (C=O) groups is 1. The predicted molar refractivity (Wildman–Crippen MR) is 98.9 cm³/mol. The summed E-state index contributed by atoms with van der Waals surface area (Å²) in [6.07, 6.45) is -0.123. The molecule has 136 valence electrons. The molecule has 0 aliphatic carbocycles. The highest BCUT2D eigenvalue weighted by Gasteiger charge is 2.23. The van der Waals surface area contributed by atoms with E-state index in [-0.39, 0.29) is 29.7 Å². The fraction of sp³-hybridized carbons (Fsp3) is 0.333. The zero-order chi connectivity index (χ0) is 19.4. The average Bonchev–Trinajstić information content (AvgIpc) is 2.59. The largest absolute Gasteiger partial charge is 0.466 e. The molecule has 4 nitrogen and oxygen atoms in total. The smallest absolute Gasteiger partial charge is 0.307 e. The van der Waals surface area contributed by atoms with Gasteiger partial charge in [0, 0.05) is 22.7 Å². The first-order valence-electron chi connectivity index (χ1n) is 8.52. The van der Waals surface area contributed by atoms with Gasteiger partial charge < -0.3 is 10.5 Å². The number of ether oxygens (including phenoxy) is 1. The number of halogens is 1. The van der Waals surface area contributed by atoms with Crippen molar-refractivity contribution in [2.45, 2.75) is 40.2 Å². The number of nitriles is 1. The summed E-state index contributed by atoms with van der Waals surface area (Å²) in [5.41, 5.74) is 10.4. The Kier molecular flexibility index (Phi) is 6.12. The van der Waals surface area contributed by atoms with Crippen molar-refractivity contribution in [1.29, 1.82) is 5.26 Å². The summed E-state index contributed by atoms with van der Waals surface area (Å²) in [5, 5.41) is 9.57. The molecule has 2 rings (SSSR count). The van der Waals surface area contributed by atoms with Crippen molar-refractivity contribution < 1.29 is 13.9 Å². The Morgan fingerprint density at radius 2 is 1.96 bits per heavy atom. The molecule has 1 atom stereocenters. The van der Waals surface area contributed by atoms with E-state index in [0.29, 0.717) is 5.56 Å². The topological polar surface area (TPSA) is 76.1 Å². The zero-order valence-electron chi connectivity index (χ0n) is 15.5. The van der Waals surface area contributed by atoms with Gasteiger partial charge >= 0.3 is 5.97 Å². The number of aryl methyl sites for hydroxylation is 1. The number of hydrogen-bond donors (Lipinski definition) is 1. The molecule has 0 radical (unpaired) electrons. The van der Waals surface area contributed by atoms with E-state index in [1.807, 2.05) is 32.0 Å². The molecule has 0 spiro atoms. The maximum Gasteiger partial charge on any atom is 0.307 e. The van der Waals surface area contributed by atoms with Crippen LogP contribution < -0.4 is 5.73 Å². The summed E-state index contributed by atoms with van der Waals surface area (Å²) in [4.78, 5) is 11.7. The number of nitrogens with zero attached hydrogens (tertiary/aromatic N) is 1. The lowest BCUT2D eigenvalue weighted by atomic mass is 9.88. The van der Waals surface area contributed by atoms with Crippen LogP contribution in [0.15, 0.2) is 24.3 Å². The lowest BCUT2D eigenvalue weighted by molar-refractivity contribution is -0.143. The number of rotatable bonds is 5. The van der Waals surface area contributed by atoms with Crippen molar-refractivity contribution in [1.82, 2.24) is 0 Å². The molecule has 0 heterocycles. The number of carbonyl (C=O) groups excluding carboxylic acids is 1. The van der Waals surface area contributed by atoms with Gasteiger partial charge in [-0.05, 0) is 50.5 Å². The van der Waals surface area contributed by atoms with Crippen LogP contribution in [0.4, 0.5) is 4.39 Å². The predicted octanol–water partition coefficient (Wildman–Crippen LogP) is 4.24. The molecule has 2 aromatic rings. The van der Waals surface area contributed by atoms with Crippen molar-refractivity contribution in [2.24, 2.45) is 5.73 Å². The van der Waals surface area contributed by atoms with E-state index >= 15 is 0 Å². The van der Waals surface area contributed by atoms with Crippen LogP contribution in [-0.4, -0.2) is 12.6 Å². The number of benzene rings is 2. The van der Waals surface area contributed by atoms with Gasteiger partial charge in [0.1, 0.15) is 11.9 Å². The molecule has 1 unspecified atom stereocenters. The van der Waals surface area contributed by atoms with Crippen molar-refractivity contribution in [3.8, 4) is 17.2 Å². The summed E-state index contributed by atoms with van der Waals surface area (Å²) < 4.78 is 19.7. The van der Waals surface area contributed by atoms with Gasteiger partial charge in [0.15, 0.2) is 0 Å². The summed E-state index contributed by atoms with van der Waals surface area (Å²) in [6, 6.07) is 8.63. The first kappa shape index (κ1) is 19.6. The molecule has 0 amide bonds. The Balaban J connectivity index is 2.63. The number of nitrogens with two attached hydrogens (primary N) is 1. The normalized spacial score (nSPS) is 11.7. The highest BCUT2D eigenvalue weighted by molar-refractivity contribution is 5.77. The van der Waals surface area contributed by atoms with Crippen molar-refractivity contribution in [3.63, 3.8) is 0 Å². The molecular formula is C21H23FN2O2. The third kappa shape index (κ3) is 3.76. The van der Waals surface area contributed by atoms with Crippen LogP contribution in [0.5, 0.6) is 0 Å². The van der Waals surface area contributed by atoms with Crippen LogP contribution in [0.1, 0.15) is 47.2 Å². The van der Waals surface area contributed by atoms with Crippen LogP contribution in [0.3, 0.4) is 0 Å². The maximum absolute atomic E-state index is 14.8. The lowest BCUT2D eigenvalue weighted by Crippen LogP contribution is -2.19. The molecule has 0 aliphatic heterocycles. The van der Waals surface area contributed by atoms with Gasteiger partial charge in [-0.1, -0.05) is 18.2 Å². The molecular weight excluding hydrogens is 331 g/mol. The monoisotopic (exact) mass is 354 g/mol. The first-order chi connectivity index (χ1) is 12.3. The summed E-state index contributed by atoms with van der Waals surface area (Å²) >= 11 is 0. The summed E-state index contributed by atoms with van der Waals surface area (Å²) in [7, 11) is 0. The van der Waals surface area contributed by atoms with Crippen LogP contribution in [0, 0.1) is 37.9 Å². The molecule has 0 aliphatic rings. The van der Waals surface area contributed by atoms with Gasteiger partial charge in [0.25, 0.3) is 0 Å². The Labute approximate surface area is 153 Å². The van der Waals surface area contributed by atoms with Gasteiger partial charge in [-0.2, -0.15) is 5.26 Å². The van der Waals surface area contributed by atoms with Gasteiger partial charge in [0.05, 0.1) is 18.6 Å². The van der Waals surface area contributed by atoms with Gasteiger partial charge in [0.2, 0.25) is 0 Å². The molecule has 2 aromatic carbocycles. The van der Waals surface area contributed by atoms with Crippen LogP contribution in [0.25, 0.3) is 11.1 Å². The van der Waals surface area contributed by atoms with Crippen molar-refractivity contribution >= 4 is 5.97 Å². The third-order valence-electron chi connectivity index (χ3n) is 4.62. The number of esters is 1. The second-order valence-corrected chi connectivity index (χ2v) is 6.30. The van der Waals surface area contributed by atoms with Gasteiger partial charge in [-0.25, -0.2) is 4.39 Å². The molecule has 0 saturated heterocycles. The molecule has 2 N–H and O–H groups in total. The second-order valence-electron chi connectivity index (χ2n) is 6.30. The Bertz CT molecular complexity index is 885. The molecule has 0 aromatic heterocycles. The van der Waals surface area contributed by atoms with Crippen LogP contribution >= 0.6 is 0 Å². The van der Waals surface area contributed by atoms with E-state index in [0.717, 1.165) is 16.7 Å². The minimum Gasteiger partial charge on any atom is -0.466 e. The Hall–Kier alpha value is -2.71. The average molecular weight is 354 g/mol. The van der Waals surface area contributed by atoms with E-state index in [1.54, 1.807) is 19.9 Å². The second kappa shape index (κ2) is 8.11. The van der Waals surface area contributed by atoms with Gasteiger partial charge in [-0.3, -0.25) is 4.79 Å². The highest BCUT2D eigenvalue weighted by atomic mass is 19.1. The first-order valence-corrected chi connectivity index (χ1v) is 8.52. The SMILES string of the molecule is CCOC(=O)CC(N)c1cc(-c2cccc(C)c2C)c(C#N)c(C)c1F. The third-order valence-corrected chi connectivity index (χ3v) is 4.62. The highest BCUT2D eigenvalue weighted by Crippen LogP contribution is 2.35. The van der Waals surface area contributed by atoms with E-state index in [4.69, 9.17) is 10.5 Å². The lowest BCUT2D eigenvalue weighted by Gasteiger charge is -2.18. The maximum atomic E-state index is 14.8. The van der Waals surface area contributed by atoms with Crippen molar-refractivity contribution in [3.05, 3.63) is 57.9 Å². The fourth-order valence-corrected chi connectivity index (χ4v) is 3.00. The molecule has 0 fully saturated rings. The van der Waals surface area contributed by atoms with E-state index in [9.17, 15) is 14.4 Å². The van der Waals surface area contributed by atoms with Crippen LogP contribution in [-0.2, 0) is 9.53 Å². The van der Waals surface area contributed by atoms with E-state index < -0.39 is 17.8 Å². The number of hydrogen-bond acceptors (Lipinski definition) is 4. The Morgan fingerprint density at radius 3 is 2.58 bits per heavy atom. The minimum atomic E-state index is -0.843. The summed E-state index contributed by atoms with van der Waals surface area (Å²) in [6.45, 7) is 7.45. The fourth-order valence-electron chi connectivity index (χ4n) is 3.00. The molecule has 5 heteroatoms. The van der Waals surface area contributed by atoms with Crippen LogP contribution in [0.2, 0.25) is 0 Å². The summed E-state index contributed by atoms with van der Waals surface area (Å²) in [5.74, 6) is -1.03. The van der Waals surface area contributed by atoms with E-state index in [1.165, 1.54) is 0 Å². The van der Waals surface area contributed by atoms with Crippen molar-refractivity contribution in [2.75, 3.05) is 6.61 Å². The standard InChI is InChI=1S/C21H23FN2O2/c1-5-26-20(25)10-19(24)17-9-16(18(11-23)14(4)21(17)22)15-8-6-7-12(2)13(15)3/h6-9,19H,5,10,24H2,1-4H3. The molecule has 0 bridgehead atoms. The Morgan fingerprint density at radius 1 is 1.27 bits per heavy atom. The molecule has 0 saturated carbocycles. The zero-order valence-corrected chi connectivity index (χ0v) is 15.5. The molecule has 26 heavy (non-hydrogen) atoms. The van der Waals surface area contributed by atoms with E-state index in [2.05, 4.69) is 6.07 Å².